The topological polar surface area (TPSA) is 119 Å². The van der Waals surface area contributed by atoms with E-state index in [9.17, 15) is 19.5 Å². The quantitative estimate of drug-likeness (QED) is 0.0381. The van der Waals surface area contributed by atoms with Crippen molar-refractivity contribution in [3.63, 3.8) is 0 Å². The number of amides is 1. The first-order valence-electron chi connectivity index (χ1n) is 18.5. The Labute approximate surface area is 270 Å². The molecule has 44 heavy (non-hydrogen) atoms. The molecule has 0 bridgehead atoms. The third kappa shape index (κ3) is 28.9. The predicted molar refractivity (Wildman–Crippen MR) is 184 cm³/mol. The van der Waals surface area contributed by atoms with Crippen molar-refractivity contribution >= 4 is 17.8 Å². The molecular formula is C37H70N2O5. The molecule has 0 saturated carbocycles. The average molecular weight is 623 g/mol. The molecule has 0 radical (unpaired) electrons. The van der Waals surface area contributed by atoms with E-state index in [0.29, 0.717) is 32.2 Å². The molecule has 0 spiro atoms. The number of rotatable bonds is 33. The highest BCUT2D eigenvalue weighted by atomic mass is 16.5. The zero-order valence-electron chi connectivity index (χ0n) is 28.8. The van der Waals surface area contributed by atoms with E-state index in [2.05, 4.69) is 31.3 Å². The molecule has 0 heterocycles. The minimum atomic E-state index is -1.00. The van der Waals surface area contributed by atoms with Crippen LogP contribution in [0, 0.1) is 0 Å². The van der Waals surface area contributed by atoms with Crippen molar-refractivity contribution in [2.45, 2.75) is 199 Å². The Kier molecular flexibility index (Phi) is 31.1. The average Bonchev–Trinajstić information content (AvgIpc) is 3.00. The number of esters is 1. The lowest BCUT2D eigenvalue weighted by atomic mass is 10.0. The van der Waals surface area contributed by atoms with E-state index in [0.717, 1.165) is 64.2 Å². The van der Waals surface area contributed by atoms with Gasteiger partial charge in [0.05, 0.1) is 0 Å². The van der Waals surface area contributed by atoms with Crippen LogP contribution in [0.15, 0.2) is 12.2 Å². The second-order valence-electron chi connectivity index (χ2n) is 12.6. The summed E-state index contributed by atoms with van der Waals surface area (Å²) in [7, 11) is 0. The Morgan fingerprint density at radius 1 is 0.659 bits per heavy atom. The van der Waals surface area contributed by atoms with Crippen molar-refractivity contribution < 1.29 is 24.2 Å². The Morgan fingerprint density at radius 3 is 1.70 bits per heavy atom. The van der Waals surface area contributed by atoms with Crippen LogP contribution in [0.4, 0.5) is 0 Å². The largest absolute Gasteiger partial charge is 0.480 e. The normalized spacial score (nSPS) is 12.8. The first-order chi connectivity index (χ1) is 21.4. The van der Waals surface area contributed by atoms with E-state index in [4.69, 9.17) is 10.5 Å². The van der Waals surface area contributed by atoms with Gasteiger partial charge in [-0.1, -0.05) is 129 Å². The molecule has 0 saturated heterocycles. The number of carboxylic acids is 1. The number of ether oxygens (including phenoxy) is 1. The highest BCUT2D eigenvalue weighted by Crippen LogP contribution is 2.16. The summed E-state index contributed by atoms with van der Waals surface area (Å²) in [6.07, 6.45) is 32.7. The number of allylic oxidation sites excluding steroid dienone is 1. The van der Waals surface area contributed by atoms with Crippen molar-refractivity contribution in [2.24, 2.45) is 5.73 Å². The summed E-state index contributed by atoms with van der Waals surface area (Å²) in [5.41, 5.74) is 5.46. The maximum absolute atomic E-state index is 12.6. The van der Waals surface area contributed by atoms with Crippen molar-refractivity contribution in [3.05, 3.63) is 12.2 Å². The van der Waals surface area contributed by atoms with Gasteiger partial charge in [0.15, 0.2) is 0 Å². The summed E-state index contributed by atoms with van der Waals surface area (Å²) in [4.78, 5) is 36.0. The SMILES string of the molecule is CCCCCCCC/C=C\C(CCCCCCCCC(=O)NC(CCCN)C(=O)O)OC(=O)CCCCCCCCCCC. The Hall–Kier alpha value is -1.89. The Balaban J connectivity index is 4.28. The molecule has 0 aromatic carbocycles. The fraction of sp³-hybridized carbons (Fsp3) is 0.865. The van der Waals surface area contributed by atoms with Gasteiger partial charge >= 0.3 is 11.9 Å². The fourth-order valence-electron chi connectivity index (χ4n) is 5.48. The van der Waals surface area contributed by atoms with Gasteiger partial charge in [-0.25, -0.2) is 4.79 Å². The molecule has 2 atom stereocenters. The van der Waals surface area contributed by atoms with E-state index >= 15 is 0 Å². The lowest BCUT2D eigenvalue weighted by Gasteiger charge is -2.15. The number of carboxylic acid groups (broad SMARTS) is 1. The van der Waals surface area contributed by atoms with Crippen molar-refractivity contribution in [1.29, 1.82) is 0 Å². The smallest absolute Gasteiger partial charge is 0.326 e. The van der Waals surface area contributed by atoms with Crippen LogP contribution in [-0.2, 0) is 19.1 Å². The molecule has 2 unspecified atom stereocenters. The van der Waals surface area contributed by atoms with Gasteiger partial charge < -0.3 is 20.9 Å². The predicted octanol–water partition coefficient (Wildman–Crippen LogP) is 9.55. The van der Waals surface area contributed by atoms with Crippen LogP contribution >= 0.6 is 0 Å². The summed E-state index contributed by atoms with van der Waals surface area (Å²) < 4.78 is 5.91. The van der Waals surface area contributed by atoms with Crippen LogP contribution in [0.1, 0.15) is 187 Å². The van der Waals surface area contributed by atoms with Gasteiger partial charge in [0.2, 0.25) is 5.91 Å². The van der Waals surface area contributed by atoms with E-state index in [1.54, 1.807) is 0 Å². The first kappa shape index (κ1) is 42.1. The highest BCUT2D eigenvalue weighted by molar-refractivity contribution is 5.83. The van der Waals surface area contributed by atoms with Gasteiger partial charge in [0.1, 0.15) is 12.1 Å². The zero-order chi connectivity index (χ0) is 32.5. The Morgan fingerprint density at radius 2 is 1.16 bits per heavy atom. The van der Waals surface area contributed by atoms with Crippen molar-refractivity contribution in [1.82, 2.24) is 5.32 Å². The second-order valence-corrected chi connectivity index (χ2v) is 12.6. The molecule has 7 heteroatoms. The maximum atomic E-state index is 12.6. The summed E-state index contributed by atoms with van der Waals surface area (Å²) >= 11 is 0. The second kappa shape index (κ2) is 32.5. The molecule has 0 aliphatic carbocycles. The third-order valence-electron chi connectivity index (χ3n) is 8.32. The number of nitrogens with two attached hydrogens (primary N) is 1. The molecule has 0 fully saturated rings. The summed E-state index contributed by atoms with van der Waals surface area (Å²) in [5, 5.41) is 11.9. The number of hydrogen-bond donors (Lipinski definition) is 3. The van der Waals surface area contributed by atoms with E-state index < -0.39 is 12.0 Å². The molecule has 7 nitrogen and oxygen atoms in total. The van der Waals surface area contributed by atoms with E-state index in [1.807, 2.05) is 0 Å². The number of carbonyl (C=O) groups is 3. The fourth-order valence-corrected chi connectivity index (χ4v) is 5.48. The first-order valence-corrected chi connectivity index (χ1v) is 18.5. The molecular weight excluding hydrogens is 552 g/mol. The number of unbranched alkanes of at least 4 members (excludes halogenated alkanes) is 19. The van der Waals surface area contributed by atoms with Crippen LogP contribution in [0.25, 0.3) is 0 Å². The van der Waals surface area contributed by atoms with Crippen LogP contribution in [0.5, 0.6) is 0 Å². The summed E-state index contributed by atoms with van der Waals surface area (Å²) in [6.45, 7) is 4.91. The van der Waals surface area contributed by atoms with Crippen LogP contribution in [0.3, 0.4) is 0 Å². The Bertz CT molecular complexity index is 712. The number of carbonyl (C=O) groups excluding carboxylic acids is 2. The molecule has 0 aromatic heterocycles. The van der Waals surface area contributed by atoms with Gasteiger partial charge in [-0.2, -0.15) is 0 Å². The third-order valence-corrected chi connectivity index (χ3v) is 8.32. The van der Waals surface area contributed by atoms with Crippen LogP contribution in [-0.4, -0.2) is 41.6 Å². The van der Waals surface area contributed by atoms with Crippen LogP contribution < -0.4 is 11.1 Å². The minimum Gasteiger partial charge on any atom is -0.480 e. The lowest BCUT2D eigenvalue weighted by Crippen LogP contribution is -2.40. The molecule has 0 aliphatic rings. The number of nitrogens with one attached hydrogen (secondary N) is 1. The summed E-state index contributed by atoms with van der Waals surface area (Å²) in [5.74, 6) is -1.26. The van der Waals surface area contributed by atoms with Gasteiger partial charge in [0.25, 0.3) is 0 Å². The highest BCUT2D eigenvalue weighted by Gasteiger charge is 2.18. The molecule has 258 valence electrons. The van der Waals surface area contributed by atoms with Gasteiger partial charge in [-0.15, -0.1) is 0 Å². The monoisotopic (exact) mass is 623 g/mol. The molecule has 4 N–H and O–H groups in total. The van der Waals surface area contributed by atoms with Gasteiger partial charge in [-0.3, -0.25) is 9.59 Å². The zero-order valence-corrected chi connectivity index (χ0v) is 28.8. The van der Waals surface area contributed by atoms with E-state index in [1.165, 1.54) is 83.5 Å². The minimum absolute atomic E-state index is 0.0615. The molecule has 0 rings (SSSR count). The molecule has 1 amide bonds. The molecule has 0 aromatic rings. The molecule has 0 aliphatic heterocycles. The lowest BCUT2D eigenvalue weighted by molar-refractivity contribution is -0.147. The van der Waals surface area contributed by atoms with Crippen LogP contribution in [0.2, 0.25) is 0 Å². The van der Waals surface area contributed by atoms with Crippen molar-refractivity contribution in [3.8, 4) is 0 Å². The maximum Gasteiger partial charge on any atom is 0.326 e. The van der Waals surface area contributed by atoms with E-state index in [-0.39, 0.29) is 18.0 Å². The number of hydrogen-bond acceptors (Lipinski definition) is 5. The number of aliphatic carboxylic acids is 1. The van der Waals surface area contributed by atoms with Gasteiger partial charge in [0, 0.05) is 12.8 Å². The standard InChI is InChI=1S/C37H70N2O5/c1-3-5-7-9-11-13-15-21-25-31-36(41)44-33(27-22-18-14-12-10-8-6-4-2)28-23-19-16-17-20-24-30-35(40)39-34(37(42)43)29-26-32-38/h22,27,33-34H,3-21,23-26,28-32,38H2,1-2H3,(H,39,40)(H,42,43)/b27-22-. The van der Waals surface area contributed by atoms with Gasteiger partial charge in [-0.05, 0) is 64.0 Å². The summed E-state index contributed by atoms with van der Waals surface area (Å²) in [6, 6.07) is -0.849. The van der Waals surface area contributed by atoms with Crippen molar-refractivity contribution in [2.75, 3.05) is 6.54 Å².